The molecule has 0 aliphatic rings. The Morgan fingerprint density at radius 3 is 2.47 bits per heavy atom. The van der Waals surface area contributed by atoms with Gasteiger partial charge in [0, 0.05) is 17.5 Å². The first kappa shape index (κ1) is 14.2. The predicted octanol–water partition coefficient (Wildman–Crippen LogP) is 3.71. The van der Waals surface area contributed by atoms with Crippen LogP contribution in [0.2, 0.25) is 4.34 Å². The molecular formula is C14H16ClNO2S. The maximum absolute atomic E-state index is 9.77. The Morgan fingerprint density at radius 1 is 1.21 bits per heavy atom. The number of phenolic OH excluding ortho intramolecular Hbond substituents is 2. The average molecular weight is 298 g/mol. The van der Waals surface area contributed by atoms with E-state index < -0.39 is 0 Å². The average Bonchev–Trinajstić information content (AvgIpc) is 2.75. The molecule has 3 nitrogen and oxygen atoms in total. The van der Waals surface area contributed by atoms with E-state index in [-0.39, 0.29) is 17.5 Å². The van der Waals surface area contributed by atoms with Gasteiger partial charge in [0.15, 0.2) is 0 Å². The number of thiophene rings is 1. The maximum atomic E-state index is 9.77. The molecule has 2 rings (SSSR count). The van der Waals surface area contributed by atoms with Gasteiger partial charge in [-0.15, -0.1) is 11.3 Å². The topological polar surface area (TPSA) is 52.5 Å². The van der Waals surface area contributed by atoms with Gasteiger partial charge in [0.05, 0.1) is 9.90 Å². The van der Waals surface area contributed by atoms with E-state index in [1.54, 1.807) is 29.5 Å². The Labute approximate surface area is 121 Å². The molecule has 0 fully saturated rings. The minimum Gasteiger partial charge on any atom is -0.507 e. The number of hydrogen-bond donors (Lipinski definition) is 3. The number of hydrogen-bond acceptors (Lipinski definition) is 4. The zero-order chi connectivity index (χ0) is 13.8. The second kappa shape index (κ2) is 6.28. The van der Waals surface area contributed by atoms with Gasteiger partial charge >= 0.3 is 0 Å². The standard InChI is InChI=1S/C14H16ClNO2S/c1-9(14-11(17)3-2-4-12(14)18)16-8-7-10-5-6-13(15)19-10/h2-6,9,16-18H,7-8H2,1H3. The summed E-state index contributed by atoms with van der Waals surface area (Å²) >= 11 is 7.44. The van der Waals surface area contributed by atoms with Crippen molar-refractivity contribution in [3.05, 3.63) is 45.1 Å². The molecule has 102 valence electrons. The summed E-state index contributed by atoms with van der Waals surface area (Å²) in [7, 11) is 0. The first-order chi connectivity index (χ1) is 9.08. The van der Waals surface area contributed by atoms with Gasteiger partial charge in [-0.25, -0.2) is 0 Å². The highest BCUT2D eigenvalue weighted by molar-refractivity contribution is 7.16. The zero-order valence-corrected chi connectivity index (χ0v) is 12.1. The van der Waals surface area contributed by atoms with E-state index in [4.69, 9.17) is 11.6 Å². The SMILES string of the molecule is CC(NCCc1ccc(Cl)s1)c1c(O)cccc1O. The van der Waals surface area contributed by atoms with Crippen LogP contribution in [0.4, 0.5) is 0 Å². The van der Waals surface area contributed by atoms with Gasteiger partial charge in [-0.05, 0) is 37.6 Å². The van der Waals surface area contributed by atoms with Crippen LogP contribution in [0.15, 0.2) is 30.3 Å². The lowest BCUT2D eigenvalue weighted by Gasteiger charge is -2.16. The third-order valence-electron chi connectivity index (χ3n) is 2.94. The van der Waals surface area contributed by atoms with Gasteiger partial charge in [-0.1, -0.05) is 17.7 Å². The molecule has 2 aromatic rings. The smallest absolute Gasteiger partial charge is 0.124 e. The summed E-state index contributed by atoms with van der Waals surface area (Å²) in [6.07, 6.45) is 0.871. The van der Waals surface area contributed by atoms with Crippen molar-refractivity contribution in [2.75, 3.05) is 6.54 Å². The van der Waals surface area contributed by atoms with E-state index in [1.165, 1.54) is 4.88 Å². The molecule has 0 bridgehead atoms. The Hall–Kier alpha value is -1.23. The van der Waals surface area contributed by atoms with Crippen molar-refractivity contribution in [3.63, 3.8) is 0 Å². The van der Waals surface area contributed by atoms with E-state index >= 15 is 0 Å². The first-order valence-corrected chi connectivity index (χ1v) is 7.26. The minimum atomic E-state index is -0.114. The number of phenols is 2. The van der Waals surface area contributed by atoms with Crippen molar-refractivity contribution in [3.8, 4) is 11.5 Å². The van der Waals surface area contributed by atoms with E-state index in [0.29, 0.717) is 5.56 Å². The Kier molecular flexibility index (Phi) is 4.69. The minimum absolute atomic E-state index is 0.110. The van der Waals surface area contributed by atoms with Crippen molar-refractivity contribution in [1.82, 2.24) is 5.32 Å². The molecule has 1 heterocycles. The molecule has 0 radical (unpaired) electrons. The summed E-state index contributed by atoms with van der Waals surface area (Å²) < 4.78 is 0.793. The van der Waals surface area contributed by atoms with Gasteiger partial charge in [0.2, 0.25) is 0 Å². The van der Waals surface area contributed by atoms with Crippen LogP contribution in [0.3, 0.4) is 0 Å². The van der Waals surface area contributed by atoms with Crippen LogP contribution in [0.25, 0.3) is 0 Å². The molecule has 0 spiro atoms. The third-order valence-corrected chi connectivity index (χ3v) is 4.23. The van der Waals surface area contributed by atoms with E-state index in [9.17, 15) is 10.2 Å². The van der Waals surface area contributed by atoms with Crippen molar-refractivity contribution in [1.29, 1.82) is 0 Å². The Balaban J connectivity index is 1.92. The van der Waals surface area contributed by atoms with Crippen LogP contribution >= 0.6 is 22.9 Å². The van der Waals surface area contributed by atoms with Gasteiger partial charge < -0.3 is 15.5 Å². The number of rotatable bonds is 5. The molecule has 0 amide bonds. The molecule has 0 saturated carbocycles. The molecule has 1 aromatic heterocycles. The second-order valence-electron chi connectivity index (χ2n) is 4.34. The number of benzene rings is 1. The highest BCUT2D eigenvalue weighted by Gasteiger charge is 2.14. The first-order valence-electron chi connectivity index (χ1n) is 6.06. The summed E-state index contributed by atoms with van der Waals surface area (Å²) in [5.41, 5.74) is 0.534. The maximum Gasteiger partial charge on any atom is 0.124 e. The zero-order valence-electron chi connectivity index (χ0n) is 10.6. The number of halogens is 1. The van der Waals surface area contributed by atoms with Crippen molar-refractivity contribution >= 4 is 22.9 Å². The molecule has 1 unspecified atom stereocenters. The molecule has 0 saturated heterocycles. The normalized spacial score (nSPS) is 12.5. The predicted molar refractivity (Wildman–Crippen MR) is 79.2 cm³/mol. The molecule has 3 N–H and O–H groups in total. The largest absolute Gasteiger partial charge is 0.507 e. The van der Waals surface area contributed by atoms with Gasteiger partial charge in [-0.2, -0.15) is 0 Å². The number of aromatic hydroxyl groups is 2. The van der Waals surface area contributed by atoms with Gasteiger partial charge in [-0.3, -0.25) is 0 Å². The molecule has 19 heavy (non-hydrogen) atoms. The van der Waals surface area contributed by atoms with Gasteiger partial charge in [0.25, 0.3) is 0 Å². The Morgan fingerprint density at radius 2 is 1.89 bits per heavy atom. The highest BCUT2D eigenvalue weighted by Crippen LogP contribution is 2.32. The summed E-state index contributed by atoms with van der Waals surface area (Å²) in [4.78, 5) is 1.21. The van der Waals surface area contributed by atoms with Crippen molar-refractivity contribution < 1.29 is 10.2 Å². The van der Waals surface area contributed by atoms with Crippen LogP contribution in [-0.4, -0.2) is 16.8 Å². The summed E-state index contributed by atoms with van der Waals surface area (Å²) in [5, 5.41) is 22.8. The lowest BCUT2D eigenvalue weighted by Crippen LogP contribution is -2.21. The highest BCUT2D eigenvalue weighted by atomic mass is 35.5. The van der Waals surface area contributed by atoms with Crippen molar-refractivity contribution in [2.24, 2.45) is 0 Å². The lowest BCUT2D eigenvalue weighted by molar-refractivity contribution is 0.419. The third kappa shape index (κ3) is 3.62. The van der Waals surface area contributed by atoms with Crippen LogP contribution < -0.4 is 5.32 Å². The van der Waals surface area contributed by atoms with Crippen molar-refractivity contribution in [2.45, 2.75) is 19.4 Å². The molecule has 5 heteroatoms. The van der Waals surface area contributed by atoms with Crippen LogP contribution in [0, 0.1) is 0 Å². The molecular weight excluding hydrogens is 282 g/mol. The van der Waals surface area contributed by atoms with Crippen LogP contribution in [0.5, 0.6) is 11.5 Å². The summed E-state index contributed by atoms with van der Waals surface area (Å²) in [6.45, 7) is 2.67. The van der Waals surface area contributed by atoms with Gasteiger partial charge in [0.1, 0.15) is 11.5 Å². The van der Waals surface area contributed by atoms with Crippen LogP contribution in [-0.2, 0) is 6.42 Å². The lowest BCUT2D eigenvalue weighted by atomic mass is 10.1. The fourth-order valence-corrected chi connectivity index (χ4v) is 3.07. The molecule has 0 aliphatic heterocycles. The Bertz CT molecular complexity index is 536. The monoisotopic (exact) mass is 297 g/mol. The van der Waals surface area contributed by atoms with E-state index in [2.05, 4.69) is 5.32 Å². The van der Waals surface area contributed by atoms with E-state index in [0.717, 1.165) is 17.3 Å². The molecule has 0 aliphatic carbocycles. The molecule has 1 aromatic carbocycles. The summed E-state index contributed by atoms with van der Waals surface area (Å²) in [6, 6.07) is 8.56. The fourth-order valence-electron chi connectivity index (χ4n) is 1.98. The second-order valence-corrected chi connectivity index (χ2v) is 6.14. The fraction of sp³-hybridized carbons (Fsp3) is 0.286. The quantitative estimate of drug-likeness (QED) is 0.788. The van der Waals surface area contributed by atoms with Crippen LogP contribution in [0.1, 0.15) is 23.4 Å². The van der Waals surface area contributed by atoms with E-state index in [1.807, 2.05) is 19.1 Å². The molecule has 1 atom stereocenters. The summed E-state index contributed by atoms with van der Waals surface area (Å²) in [5.74, 6) is 0.221. The number of nitrogens with one attached hydrogen (secondary N) is 1.